The number of nitrogens with zero attached hydrogens (tertiary/aromatic N) is 1. The van der Waals surface area contributed by atoms with Crippen molar-refractivity contribution < 1.29 is 14.4 Å². The van der Waals surface area contributed by atoms with Crippen LogP contribution in [0.15, 0.2) is 60.7 Å². The van der Waals surface area contributed by atoms with Crippen LogP contribution in [0.1, 0.15) is 18.1 Å². The van der Waals surface area contributed by atoms with E-state index in [9.17, 15) is 14.4 Å². The molecule has 5 heteroatoms. The summed E-state index contributed by atoms with van der Waals surface area (Å²) in [6.07, 6.45) is 1.60. The van der Waals surface area contributed by atoms with Gasteiger partial charge in [-0.2, -0.15) is 0 Å². The molecule has 2 rings (SSSR count). The second kappa shape index (κ2) is 8.42. The maximum Gasteiger partial charge on any atom is 0.402 e. The van der Waals surface area contributed by atoms with Crippen molar-refractivity contribution in [2.75, 3.05) is 13.1 Å². The van der Waals surface area contributed by atoms with Crippen molar-refractivity contribution in [3.63, 3.8) is 0 Å². The minimum Gasteiger partial charge on any atom is -0.312 e. The molecule has 0 saturated carbocycles. The van der Waals surface area contributed by atoms with E-state index in [1.54, 1.807) is 6.92 Å². The van der Waals surface area contributed by atoms with E-state index < -0.39 is 7.75 Å². The Balaban J connectivity index is 2.15. The summed E-state index contributed by atoms with van der Waals surface area (Å²) in [6.45, 7) is 2.50. The van der Waals surface area contributed by atoms with Crippen LogP contribution in [0.25, 0.3) is 0 Å². The van der Waals surface area contributed by atoms with Gasteiger partial charge in [-0.05, 0) is 29.9 Å². The first-order valence-corrected chi connectivity index (χ1v) is 9.44. The first-order chi connectivity index (χ1) is 11.0. The lowest BCUT2D eigenvalue weighted by Gasteiger charge is -2.27. The molecule has 2 aromatic rings. The van der Waals surface area contributed by atoms with Gasteiger partial charge in [-0.3, -0.25) is 0 Å². The van der Waals surface area contributed by atoms with Crippen LogP contribution >= 0.6 is 7.75 Å². The van der Waals surface area contributed by atoms with Gasteiger partial charge < -0.3 is 9.79 Å². The molecule has 0 saturated heterocycles. The van der Waals surface area contributed by atoms with Gasteiger partial charge >= 0.3 is 7.75 Å². The summed E-state index contributed by atoms with van der Waals surface area (Å²) >= 11 is 0. The predicted molar refractivity (Wildman–Crippen MR) is 93.1 cm³/mol. The van der Waals surface area contributed by atoms with Gasteiger partial charge in [0.05, 0.1) is 0 Å². The highest BCUT2D eigenvalue weighted by molar-refractivity contribution is 7.49. The Hall–Kier alpha value is -1.45. The van der Waals surface area contributed by atoms with E-state index in [0.717, 1.165) is 12.8 Å². The summed E-state index contributed by atoms with van der Waals surface area (Å²) in [5, 5.41) is 0. The Bertz CT molecular complexity index is 586. The minimum atomic E-state index is -4.21. The van der Waals surface area contributed by atoms with Crippen LogP contribution in [0, 0.1) is 5.92 Å². The van der Waals surface area contributed by atoms with Crippen molar-refractivity contribution in [2.45, 2.75) is 19.8 Å². The molecule has 0 heterocycles. The molecule has 124 valence electrons. The molecule has 0 atom stereocenters. The standard InChI is InChI=1S/C18H24NO3P/c1-2-19(23(20,21)22)15-18(13-16-9-5-3-6-10-16)14-17-11-7-4-8-12-17/h3-12,18H,2,13-15H2,1H3,(H2,20,21,22). The first-order valence-electron chi connectivity index (χ1n) is 7.88. The van der Waals surface area contributed by atoms with Crippen LogP contribution in [0.4, 0.5) is 0 Å². The monoisotopic (exact) mass is 333 g/mol. The highest BCUT2D eigenvalue weighted by Crippen LogP contribution is 2.40. The van der Waals surface area contributed by atoms with Crippen LogP contribution in [0.3, 0.4) is 0 Å². The molecule has 0 unspecified atom stereocenters. The lowest BCUT2D eigenvalue weighted by molar-refractivity contribution is 0.250. The minimum absolute atomic E-state index is 0.146. The van der Waals surface area contributed by atoms with Gasteiger partial charge in [0.2, 0.25) is 0 Å². The SMILES string of the molecule is CCN(CC(Cc1ccccc1)Cc1ccccc1)P(=O)(O)O. The van der Waals surface area contributed by atoms with Crippen molar-refractivity contribution in [3.8, 4) is 0 Å². The fraction of sp³-hybridized carbons (Fsp3) is 0.333. The third-order valence-electron chi connectivity index (χ3n) is 3.94. The maximum atomic E-state index is 11.6. The Labute approximate surface area is 138 Å². The zero-order valence-corrected chi connectivity index (χ0v) is 14.3. The molecule has 0 amide bonds. The smallest absolute Gasteiger partial charge is 0.312 e. The molecule has 2 N–H and O–H groups in total. The largest absolute Gasteiger partial charge is 0.402 e. The van der Waals surface area contributed by atoms with Crippen molar-refractivity contribution in [1.82, 2.24) is 4.67 Å². The van der Waals surface area contributed by atoms with E-state index in [4.69, 9.17) is 0 Å². The molecule has 0 fully saturated rings. The van der Waals surface area contributed by atoms with Gasteiger partial charge in [0, 0.05) is 13.1 Å². The summed E-state index contributed by atoms with van der Waals surface area (Å²) in [5.41, 5.74) is 2.38. The van der Waals surface area contributed by atoms with Crippen LogP contribution in [-0.2, 0) is 17.4 Å². The van der Waals surface area contributed by atoms with Crippen LogP contribution in [-0.4, -0.2) is 27.5 Å². The fourth-order valence-electron chi connectivity index (χ4n) is 2.81. The number of hydrogen-bond donors (Lipinski definition) is 2. The van der Waals surface area contributed by atoms with E-state index in [2.05, 4.69) is 24.3 Å². The lowest BCUT2D eigenvalue weighted by Crippen LogP contribution is -2.29. The molecule has 23 heavy (non-hydrogen) atoms. The molecule has 0 radical (unpaired) electrons. The van der Waals surface area contributed by atoms with Crippen molar-refractivity contribution in [3.05, 3.63) is 71.8 Å². The van der Waals surface area contributed by atoms with Crippen LogP contribution < -0.4 is 0 Å². The molecule has 0 aliphatic carbocycles. The van der Waals surface area contributed by atoms with Crippen molar-refractivity contribution >= 4 is 7.75 Å². The molecule has 2 aromatic carbocycles. The lowest BCUT2D eigenvalue weighted by atomic mass is 9.92. The molecule has 0 aliphatic heterocycles. The summed E-state index contributed by atoms with van der Waals surface area (Å²) in [7, 11) is -4.21. The quantitative estimate of drug-likeness (QED) is 0.726. The Morgan fingerprint density at radius 3 is 1.70 bits per heavy atom. The van der Waals surface area contributed by atoms with E-state index in [0.29, 0.717) is 13.1 Å². The zero-order chi connectivity index (χ0) is 16.7. The highest BCUT2D eigenvalue weighted by atomic mass is 31.2. The van der Waals surface area contributed by atoms with Crippen molar-refractivity contribution in [1.29, 1.82) is 0 Å². The topological polar surface area (TPSA) is 60.8 Å². The van der Waals surface area contributed by atoms with Gasteiger partial charge in [0.25, 0.3) is 0 Å². The number of benzene rings is 2. The molecule has 0 aromatic heterocycles. The van der Waals surface area contributed by atoms with E-state index in [-0.39, 0.29) is 5.92 Å². The molecular formula is C18H24NO3P. The normalized spacial score (nSPS) is 12.0. The molecular weight excluding hydrogens is 309 g/mol. The second-order valence-corrected chi connectivity index (χ2v) is 7.36. The number of hydrogen-bond acceptors (Lipinski definition) is 1. The Kier molecular flexibility index (Phi) is 6.55. The van der Waals surface area contributed by atoms with Gasteiger partial charge in [0.15, 0.2) is 0 Å². The van der Waals surface area contributed by atoms with Crippen molar-refractivity contribution in [2.24, 2.45) is 5.92 Å². The summed E-state index contributed by atoms with van der Waals surface area (Å²) in [6, 6.07) is 20.2. The van der Waals surface area contributed by atoms with Crippen LogP contribution in [0.5, 0.6) is 0 Å². The fourth-order valence-corrected chi connectivity index (χ4v) is 3.63. The molecule has 0 bridgehead atoms. The average Bonchev–Trinajstić information content (AvgIpc) is 2.53. The van der Waals surface area contributed by atoms with Gasteiger partial charge in [-0.15, -0.1) is 0 Å². The van der Waals surface area contributed by atoms with Gasteiger partial charge in [-0.1, -0.05) is 67.6 Å². The average molecular weight is 333 g/mol. The van der Waals surface area contributed by atoms with Gasteiger partial charge in [0.1, 0.15) is 0 Å². The third-order valence-corrected chi connectivity index (χ3v) is 5.12. The Morgan fingerprint density at radius 1 is 0.913 bits per heavy atom. The van der Waals surface area contributed by atoms with Gasteiger partial charge in [-0.25, -0.2) is 9.24 Å². The van der Waals surface area contributed by atoms with Crippen LogP contribution in [0.2, 0.25) is 0 Å². The summed E-state index contributed by atoms with van der Waals surface area (Å²) in [5.74, 6) is 0.146. The number of rotatable bonds is 8. The highest BCUT2D eigenvalue weighted by Gasteiger charge is 2.26. The van der Waals surface area contributed by atoms with E-state index in [1.165, 1.54) is 15.8 Å². The summed E-state index contributed by atoms with van der Waals surface area (Å²) < 4.78 is 12.9. The third kappa shape index (κ3) is 5.92. The Morgan fingerprint density at radius 2 is 1.35 bits per heavy atom. The molecule has 0 aliphatic rings. The summed E-state index contributed by atoms with van der Waals surface area (Å²) in [4.78, 5) is 19.0. The first kappa shape index (κ1) is 17.9. The molecule has 0 spiro atoms. The zero-order valence-electron chi connectivity index (χ0n) is 13.4. The maximum absolute atomic E-state index is 11.6. The van der Waals surface area contributed by atoms with E-state index >= 15 is 0 Å². The molecule has 4 nitrogen and oxygen atoms in total. The predicted octanol–water partition coefficient (Wildman–Crippen LogP) is 3.50. The second-order valence-electron chi connectivity index (χ2n) is 5.76. The van der Waals surface area contributed by atoms with E-state index in [1.807, 2.05) is 36.4 Å².